The third-order valence-corrected chi connectivity index (χ3v) is 7.44. The highest BCUT2D eigenvalue weighted by atomic mass is 16.7. The average molecular weight is 495 g/mol. The van der Waals surface area contributed by atoms with Crippen molar-refractivity contribution in [3.63, 3.8) is 0 Å². The lowest BCUT2D eigenvalue weighted by Gasteiger charge is -2.46. The topological polar surface area (TPSA) is 94.0 Å². The summed E-state index contributed by atoms with van der Waals surface area (Å²) in [6, 6.07) is 15.3. The van der Waals surface area contributed by atoms with Crippen LogP contribution in [-0.2, 0) is 16.0 Å². The number of hydrogen-bond acceptors (Lipinski definition) is 6. The maximum Gasteiger partial charge on any atom is 0.264 e. The molecule has 2 aromatic heterocycles. The first-order valence-corrected chi connectivity index (χ1v) is 12.1. The van der Waals surface area contributed by atoms with E-state index in [2.05, 4.69) is 4.98 Å². The van der Waals surface area contributed by atoms with Crippen LogP contribution in [0.5, 0.6) is 11.5 Å². The lowest BCUT2D eigenvalue weighted by Crippen LogP contribution is -2.62. The van der Waals surface area contributed by atoms with Gasteiger partial charge in [0.25, 0.3) is 5.91 Å². The summed E-state index contributed by atoms with van der Waals surface area (Å²) < 4.78 is 12.8. The van der Waals surface area contributed by atoms with Crippen molar-refractivity contribution in [3.8, 4) is 11.5 Å². The lowest BCUT2D eigenvalue weighted by atomic mass is 9.86. The van der Waals surface area contributed by atoms with Crippen molar-refractivity contribution in [2.45, 2.75) is 18.5 Å². The van der Waals surface area contributed by atoms with E-state index < -0.39 is 12.1 Å². The molecular formula is C28H22N4O5. The fourth-order valence-corrected chi connectivity index (χ4v) is 5.81. The standard InChI is InChI=1S/C28H22N4O5/c1-30-14-24(33)31-21(28(30)35)12-19-18-6-2-3-7-20(18)32(27(34)17-5-4-10-29-13-17)26(19)25(31)16-8-9-22-23(11-16)37-15-36-22/h2-11,13,21,25H,12,14-15H2,1H3/t21-,25-/m1/s1. The second-order valence-electron chi connectivity index (χ2n) is 9.49. The minimum absolute atomic E-state index is 0.0253. The first kappa shape index (κ1) is 21.6. The molecule has 37 heavy (non-hydrogen) atoms. The number of fused-ring (bicyclic) bond motifs is 5. The van der Waals surface area contributed by atoms with Crippen molar-refractivity contribution < 1.29 is 23.9 Å². The van der Waals surface area contributed by atoms with Gasteiger partial charge in [0.15, 0.2) is 11.5 Å². The van der Waals surface area contributed by atoms with Crippen LogP contribution in [0.2, 0.25) is 0 Å². The van der Waals surface area contributed by atoms with Crippen LogP contribution in [0.3, 0.4) is 0 Å². The van der Waals surface area contributed by atoms with E-state index in [4.69, 9.17) is 9.47 Å². The minimum atomic E-state index is -0.679. The van der Waals surface area contributed by atoms with Crippen LogP contribution < -0.4 is 9.47 Å². The summed E-state index contributed by atoms with van der Waals surface area (Å²) in [6.07, 6.45) is 3.48. The molecule has 1 fully saturated rings. The van der Waals surface area contributed by atoms with Gasteiger partial charge < -0.3 is 19.3 Å². The third-order valence-electron chi connectivity index (χ3n) is 7.44. The van der Waals surface area contributed by atoms with Gasteiger partial charge in [-0.3, -0.25) is 23.9 Å². The Kier molecular flexibility index (Phi) is 4.63. The zero-order valence-corrected chi connectivity index (χ0v) is 20.0. The molecule has 0 N–H and O–H groups in total. The van der Waals surface area contributed by atoms with Gasteiger partial charge in [-0.2, -0.15) is 0 Å². The number of nitrogens with zero attached hydrogens (tertiary/aromatic N) is 4. The smallest absolute Gasteiger partial charge is 0.264 e. The largest absolute Gasteiger partial charge is 0.454 e. The van der Waals surface area contributed by atoms with E-state index >= 15 is 0 Å². The number of hydrogen-bond donors (Lipinski definition) is 0. The molecule has 0 aliphatic carbocycles. The molecule has 9 heteroatoms. The second kappa shape index (κ2) is 7.92. The highest BCUT2D eigenvalue weighted by molar-refractivity contribution is 6.05. The normalized spacial score (nSPS) is 20.2. The van der Waals surface area contributed by atoms with E-state index in [-0.39, 0.29) is 31.1 Å². The number of para-hydroxylation sites is 1. The number of likely N-dealkylation sites (N-methyl/N-ethyl adjacent to an activating group) is 1. The molecule has 0 spiro atoms. The summed E-state index contributed by atoms with van der Waals surface area (Å²) in [6.45, 7) is 0.0888. The summed E-state index contributed by atoms with van der Waals surface area (Å²) in [7, 11) is 1.65. The van der Waals surface area contributed by atoms with Crippen molar-refractivity contribution >= 4 is 28.6 Å². The molecule has 0 saturated carbocycles. The maximum atomic E-state index is 14.0. The number of amides is 2. The molecule has 4 aromatic rings. The Morgan fingerprint density at radius 3 is 2.70 bits per heavy atom. The molecule has 0 bridgehead atoms. The SMILES string of the molecule is CN1CC(=O)N2[C@H](c3ccc4c(c3)OCO4)c3c(c4ccccc4n3C(=O)c3cccnc3)C[C@@H]2C1=O. The van der Waals surface area contributed by atoms with Crippen LogP contribution in [0.4, 0.5) is 0 Å². The third kappa shape index (κ3) is 3.10. The molecule has 3 aliphatic heterocycles. The monoisotopic (exact) mass is 494 g/mol. The van der Waals surface area contributed by atoms with E-state index in [1.807, 2.05) is 36.4 Å². The Labute approximate surface area is 211 Å². The van der Waals surface area contributed by atoms with Gasteiger partial charge >= 0.3 is 0 Å². The Hall–Kier alpha value is -4.66. The van der Waals surface area contributed by atoms with Crippen LogP contribution in [0, 0.1) is 0 Å². The number of pyridine rings is 1. The van der Waals surface area contributed by atoms with Gasteiger partial charge in [-0.1, -0.05) is 24.3 Å². The van der Waals surface area contributed by atoms with Crippen LogP contribution in [-0.4, -0.2) is 63.5 Å². The number of aromatic nitrogens is 2. The Morgan fingerprint density at radius 1 is 1.03 bits per heavy atom. The first-order chi connectivity index (χ1) is 18.0. The van der Waals surface area contributed by atoms with E-state index in [0.717, 1.165) is 22.0 Å². The Morgan fingerprint density at radius 2 is 1.86 bits per heavy atom. The number of ether oxygens (including phenoxy) is 2. The van der Waals surface area contributed by atoms with Crippen molar-refractivity contribution in [2.24, 2.45) is 0 Å². The number of carbonyl (C=O) groups is 3. The maximum absolute atomic E-state index is 14.0. The lowest BCUT2D eigenvalue weighted by molar-refractivity contribution is -0.157. The van der Waals surface area contributed by atoms with E-state index in [9.17, 15) is 14.4 Å². The fourth-order valence-electron chi connectivity index (χ4n) is 5.81. The molecule has 2 atom stereocenters. The number of benzene rings is 2. The van der Waals surface area contributed by atoms with Crippen LogP contribution in [0.25, 0.3) is 10.9 Å². The molecule has 0 radical (unpaired) electrons. The van der Waals surface area contributed by atoms with Gasteiger partial charge in [0.2, 0.25) is 18.6 Å². The van der Waals surface area contributed by atoms with Crippen molar-refractivity contribution in [1.82, 2.24) is 19.4 Å². The summed E-state index contributed by atoms with van der Waals surface area (Å²) in [5.41, 5.74) is 3.45. The molecule has 1 saturated heterocycles. The predicted octanol–water partition coefficient (Wildman–Crippen LogP) is 2.77. The van der Waals surface area contributed by atoms with Gasteiger partial charge in [0.05, 0.1) is 29.4 Å². The Bertz CT molecular complexity index is 1610. The van der Waals surface area contributed by atoms with E-state index in [1.165, 1.54) is 11.1 Å². The quantitative estimate of drug-likeness (QED) is 0.426. The minimum Gasteiger partial charge on any atom is -0.454 e. The van der Waals surface area contributed by atoms with Crippen molar-refractivity contribution in [3.05, 3.63) is 89.4 Å². The highest BCUT2D eigenvalue weighted by Crippen LogP contribution is 2.46. The molecular weight excluding hydrogens is 472 g/mol. The van der Waals surface area contributed by atoms with Crippen molar-refractivity contribution in [2.75, 3.05) is 20.4 Å². The molecule has 5 heterocycles. The van der Waals surface area contributed by atoms with Gasteiger partial charge in [-0.05, 0) is 41.5 Å². The molecule has 7 rings (SSSR count). The molecule has 0 unspecified atom stereocenters. The van der Waals surface area contributed by atoms with Gasteiger partial charge in [0, 0.05) is 31.2 Å². The first-order valence-electron chi connectivity index (χ1n) is 12.1. The number of carbonyl (C=O) groups excluding carboxylic acids is 3. The fraction of sp³-hybridized carbons (Fsp3) is 0.214. The second-order valence-corrected chi connectivity index (χ2v) is 9.49. The zero-order chi connectivity index (χ0) is 25.3. The van der Waals surface area contributed by atoms with E-state index in [0.29, 0.717) is 29.2 Å². The summed E-state index contributed by atoms with van der Waals surface area (Å²) in [5.74, 6) is 0.638. The van der Waals surface area contributed by atoms with Crippen LogP contribution in [0.15, 0.2) is 67.0 Å². The summed E-state index contributed by atoms with van der Waals surface area (Å²) in [4.78, 5) is 48.2. The van der Waals surface area contributed by atoms with Crippen molar-refractivity contribution in [1.29, 1.82) is 0 Å². The molecule has 3 aliphatic rings. The van der Waals surface area contributed by atoms with Gasteiger partial charge in [-0.25, -0.2) is 0 Å². The van der Waals surface area contributed by atoms with Crippen LogP contribution in [0.1, 0.15) is 33.2 Å². The summed E-state index contributed by atoms with van der Waals surface area (Å²) >= 11 is 0. The highest BCUT2D eigenvalue weighted by Gasteiger charge is 2.49. The van der Waals surface area contributed by atoms with Crippen LogP contribution >= 0.6 is 0 Å². The predicted molar refractivity (Wildman–Crippen MR) is 132 cm³/mol. The number of rotatable bonds is 2. The Balaban J connectivity index is 1.53. The average Bonchev–Trinajstić information content (AvgIpc) is 3.53. The van der Waals surface area contributed by atoms with Gasteiger partial charge in [0.1, 0.15) is 6.04 Å². The number of piperazine rings is 1. The molecule has 2 aromatic carbocycles. The molecule has 9 nitrogen and oxygen atoms in total. The van der Waals surface area contributed by atoms with Gasteiger partial charge in [-0.15, -0.1) is 0 Å². The molecule has 2 amide bonds. The molecule has 184 valence electrons. The van der Waals surface area contributed by atoms with E-state index in [1.54, 1.807) is 40.9 Å². The zero-order valence-electron chi connectivity index (χ0n) is 20.0. The summed E-state index contributed by atoms with van der Waals surface area (Å²) in [5, 5.41) is 0.883.